The molecule has 7 heteroatoms. The first kappa shape index (κ1) is 18.4. The monoisotopic (exact) mass is 366 g/mol. The summed E-state index contributed by atoms with van der Waals surface area (Å²) in [7, 11) is -1.36. The number of sulfone groups is 1. The van der Waals surface area contributed by atoms with E-state index in [0.717, 1.165) is 32.5 Å². The number of carboxylic acid groups (broad SMARTS) is 1. The second-order valence-corrected chi connectivity index (χ2v) is 9.56. The van der Waals surface area contributed by atoms with Crippen LogP contribution in [0.1, 0.15) is 19.3 Å². The summed E-state index contributed by atoms with van der Waals surface area (Å²) in [6, 6.07) is 8.19. The predicted molar refractivity (Wildman–Crippen MR) is 95.3 cm³/mol. The van der Waals surface area contributed by atoms with Crippen molar-refractivity contribution in [2.75, 3.05) is 39.0 Å². The molecule has 1 aromatic rings. The third-order valence-electron chi connectivity index (χ3n) is 5.72. The van der Waals surface area contributed by atoms with Crippen LogP contribution in [0.25, 0.3) is 0 Å². The number of piperidine rings is 1. The summed E-state index contributed by atoms with van der Waals surface area (Å²) >= 11 is 0. The van der Waals surface area contributed by atoms with Gasteiger partial charge in [0.2, 0.25) is 0 Å². The number of hydrogen-bond donors (Lipinski definition) is 1. The Hall–Kier alpha value is -1.44. The summed E-state index contributed by atoms with van der Waals surface area (Å²) in [5, 5.41) is 9.31. The number of carbonyl (C=O) groups is 1. The first-order valence-corrected chi connectivity index (χ1v) is 10.4. The molecule has 2 aliphatic heterocycles. The third-order valence-corrected chi connectivity index (χ3v) is 7.43. The Kier molecular flexibility index (Phi) is 5.18. The normalized spacial score (nSPS) is 24.6. The molecule has 25 heavy (non-hydrogen) atoms. The van der Waals surface area contributed by atoms with Gasteiger partial charge in [0.15, 0.2) is 9.84 Å². The number of nitrogens with zero attached hydrogens (tertiary/aromatic N) is 2. The van der Waals surface area contributed by atoms with Crippen molar-refractivity contribution in [3.63, 3.8) is 0 Å². The average molecular weight is 366 g/mol. The maximum atomic E-state index is 12.4. The molecule has 6 nitrogen and oxygen atoms in total. The van der Waals surface area contributed by atoms with Gasteiger partial charge in [-0.15, -0.1) is 0 Å². The highest BCUT2D eigenvalue weighted by Gasteiger charge is 2.46. The van der Waals surface area contributed by atoms with Gasteiger partial charge in [-0.1, -0.05) is 18.2 Å². The van der Waals surface area contributed by atoms with E-state index in [9.17, 15) is 18.3 Å². The van der Waals surface area contributed by atoms with Crippen molar-refractivity contribution in [2.24, 2.45) is 5.41 Å². The van der Waals surface area contributed by atoms with Crippen molar-refractivity contribution in [1.82, 2.24) is 9.80 Å². The van der Waals surface area contributed by atoms with Gasteiger partial charge in [-0.3, -0.25) is 9.69 Å². The van der Waals surface area contributed by atoms with Crippen molar-refractivity contribution in [3.8, 4) is 0 Å². The van der Waals surface area contributed by atoms with E-state index >= 15 is 0 Å². The lowest BCUT2D eigenvalue weighted by atomic mass is 9.76. The lowest BCUT2D eigenvalue weighted by Gasteiger charge is -2.39. The SMILES string of the molecule is CN1CC2(CCN(CCS(=O)(=O)c3ccccc3)CC2)CC1C(=O)O. The van der Waals surface area contributed by atoms with Crippen LogP contribution in [-0.2, 0) is 14.6 Å². The van der Waals surface area contributed by atoms with Crippen LogP contribution >= 0.6 is 0 Å². The Balaban J connectivity index is 1.53. The zero-order valence-electron chi connectivity index (χ0n) is 14.6. The third kappa shape index (κ3) is 4.04. The summed E-state index contributed by atoms with van der Waals surface area (Å²) in [6.45, 7) is 3.03. The second-order valence-electron chi connectivity index (χ2n) is 7.45. The van der Waals surface area contributed by atoms with E-state index in [1.54, 1.807) is 24.3 Å². The van der Waals surface area contributed by atoms with Crippen LogP contribution in [0.15, 0.2) is 35.2 Å². The van der Waals surface area contributed by atoms with E-state index in [1.807, 2.05) is 18.0 Å². The zero-order chi connectivity index (χ0) is 18.1. The van der Waals surface area contributed by atoms with Crippen molar-refractivity contribution < 1.29 is 18.3 Å². The minimum Gasteiger partial charge on any atom is -0.480 e. The molecule has 1 atom stereocenters. The lowest BCUT2D eigenvalue weighted by Crippen LogP contribution is -2.42. The maximum Gasteiger partial charge on any atom is 0.320 e. The van der Waals surface area contributed by atoms with Crippen LogP contribution in [0, 0.1) is 5.41 Å². The van der Waals surface area contributed by atoms with Crippen molar-refractivity contribution in [3.05, 3.63) is 30.3 Å². The Labute approximate surface area is 149 Å². The molecule has 2 aliphatic rings. The van der Waals surface area contributed by atoms with Gasteiger partial charge in [-0.25, -0.2) is 8.42 Å². The zero-order valence-corrected chi connectivity index (χ0v) is 15.4. The van der Waals surface area contributed by atoms with Crippen LogP contribution < -0.4 is 0 Å². The van der Waals surface area contributed by atoms with Gasteiger partial charge in [-0.05, 0) is 56.9 Å². The van der Waals surface area contributed by atoms with Gasteiger partial charge in [0.25, 0.3) is 0 Å². The van der Waals surface area contributed by atoms with E-state index < -0.39 is 15.8 Å². The van der Waals surface area contributed by atoms with Gasteiger partial charge in [0.05, 0.1) is 10.6 Å². The van der Waals surface area contributed by atoms with Gasteiger partial charge in [-0.2, -0.15) is 0 Å². The standard InChI is InChI=1S/C18H26N2O4S/c1-19-14-18(13-16(19)17(21)22)7-9-20(10-8-18)11-12-25(23,24)15-5-3-2-4-6-15/h2-6,16H,7-14H2,1H3,(H,21,22). The van der Waals surface area contributed by atoms with Crippen molar-refractivity contribution in [1.29, 1.82) is 0 Å². The fourth-order valence-corrected chi connectivity index (χ4v) is 5.46. The highest BCUT2D eigenvalue weighted by atomic mass is 32.2. The minimum atomic E-state index is -3.24. The number of rotatable bonds is 5. The Bertz CT molecular complexity index is 712. The average Bonchev–Trinajstić information content (AvgIpc) is 2.92. The second kappa shape index (κ2) is 7.05. The van der Waals surface area contributed by atoms with Gasteiger partial charge in [0, 0.05) is 13.1 Å². The molecule has 1 spiro atoms. The van der Waals surface area contributed by atoms with Crippen molar-refractivity contribution >= 4 is 15.8 Å². The number of carboxylic acids is 1. The van der Waals surface area contributed by atoms with E-state index in [4.69, 9.17) is 0 Å². The molecule has 2 fully saturated rings. The molecule has 3 rings (SSSR count). The first-order valence-electron chi connectivity index (χ1n) is 8.75. The molecule has 0 radical (unpaired) electrons. The number of benzene rings is 1. The molecule has 0 aromatic heterocycles. The molecule has 1 aromatic carbocycles. The van der Waals surface area contributed by atoms with Gasteiger partial charge in [0.1, 0.15) is 6.04 Å². The smallest absolute Gasteiger partial charge is 0.320 e. The molecule has 138 valence electrons. The van der Waals surface area contributed by atoms with Crippen LogP contribution in [-0.4, -0.2) is 74.3 Å². The molecule has 1 unspecified atom stereocenters. The fourth-order valence-electron chi connectivity index (χ4n) is 4.15. The highest BCUT2D eigenvalue weighted by Crippen LogP contribution is 2.42. The quantitative estimate of drug-likeness (QED) is 0.847. The van der Waals surface area contributed by atoms with Crippen LogP contribution in [0.3, 0.4) is 0 Å². The summed E-state index contributed by atoms with van der Waals surface area (Å²) in [6.07, 6.45) is 2.58. The molecule has 0 saturated carbocycles. The largest absolute Gasteiger partial charge is 0.480 e. The van der Waals surface area contributed by atoms with E-state index in [2.05, 4.69) is 4.90 Å². The van der Waals surface area contributed by atoms with E-state index in [-0.39, 0.29) is 17.2 Å². The molecule has 1 N–H and O–H groups in total. The van der Waals surface area contributed by atoms with E-state index in [1.165, 1.54) is 0 Å². The fraction of sp³-hybridized carbons (Fsp3) is 0.611. The van der Waals surface area contributed by atoms with Crippen LogP contribution in [0.2, 0.25) is 0 Å². The lowest BCUT2D eigenvalue weighted by molar-refractivity contribution is -0.141. The maximum absolute atomic E-state index is 12.4. The molecule has 0 amide bonds. The molecule has 0 bridgehead atoms. The Morgan fingerprint density at radius 3 is 2.44 bits per heavy atom. The number of likely N-dealkylation sites (tertiary alicyclic amines) is 2. The van der Waals surface area contributed by atoms with Gasteiger partial charge < -0.3 is 10.0 Å². The van der Waals surface area contributed by atoms with Gasteiger partial charge >= 0.3 is 5.97 Å². The number of hydrogen-bond acceptors (Lipinski definition) is 5. The summed E-state index contributed by atoms with van der Waals surface area (Å²) in [5.74, 6) is -0.613. The molecule has 2 saturated heterocycles. The number of aliphatic carboxylic acids is 1. The molecular formula is C18H26N2O4S. The molecular weight excluding hydrogens is 340 g/mol. The predicted octanol–water partition coefficient (Wildman–Crippen LogP) is 1.33. The number of likely N-dealkylation sites (N-methyl/N-ethyl adjacent to an activating group) is 1. The molecule has 2 heterocycles. The summed E-state index contributed by atoms with van der Waals surface area (Å²) < 4.78 is 24.8. The molecule has 0 aliphatic carbocycles. The summed E-state index contributed by atoms with van der Waals surface area (Å²) in [5.41, 5.74) is 0.0760. The van der Waals surface area contributed by atoms with Crippen molar-refractivity contribution in [2.45, 2.75) is 30.2 Å². The minimum absolute atomic E-state index is 0.0760. The Morgan fingerprint density at radius 1 is 1.24 bits per heavy atom. The topological polar surface area (TPSA) is 77.9 Å². The van der Waals surface area contributed by atoms with Crippen LogP contribution in [0.5, 0.6) is 0 Å². The Morgan fingerprint density at radius 2 is 1.88 bits per heavy atom. The summed E-state index contributed by atoms with van der Waals surface area (Å²) in [4.78, 5) is 15.8. The first-order chi connectivity index (χ1) is 11.8. The van der Waals surface area contributed by atoms with Crippen LogP contribution in [0.4, 0.5) is 0 Å². The highest BCUT2D eigenvalue weighted by molar-refractivity contribution is 7.91. The van der Waals surface area contributed by atoms with E-state index in [0.29, 0.717) is 17.9 Å².